The highest BCUT2D eigenvalue weighted by Crippen LogP contribution is 2.41. The van der Waals surface area contributed by atoms with Crippen molar-refractivity contribution >= 4 is 21.9 Å². The highest BCUT2D eigenvalue weighted by Gasteiger charge is 2.21. The maximum absolute atomic E-state index is 9.57. The fraction of sp³-hybridized carbons (Fsp3) is 0. The van der Waals surface area contributed by atoms with Gasteiger partial charge in [-0.1, -0.05) is 60.7 Å². The number of rotatable bonds is 2. The molecular formula is C24H12N2O2. The third-order valence-electron chi connectivity index (χ3n) is 4.83. The molecule has 0 unspecified atom stereocenters. The summed E-state index contributed by atoms with van der Waals surface area (Å²) in [5.41, 5.74) is 4.42. The monoisotopic (exact) mass is 360 g/mol. The highest BCUT2D eigenvalue weighted by atomic mass is 16.3. The minimum atomic E-state index is 0.260. The Morgan fingerprint density at radius 2 is 1.00 bits per heavy atom. The second-order valence-corrected chi connectivity index (χ2v) is 6.41. The van der Waals surface area contributed by atoms with Crippen molar-refractivity contribution in [2.24, 2.45) is 0 Å². The van der Waals surface area contributed by atoms with E-state index in [1.165, 1.54) is 0 Å². The number of benzene rings is 3. The van der Waals surface area contributed by atoms with Crippen molar-refractivity contribution in [3.8, 4) is 34.4 Å². The lowest BCUT2D eigenvalue weighted by Crippen LogP contribution is -1.81. The lowest BCUT2D eigenvalue weighted by Gasteiger charge is -2.01. The SMILES string of the molecule is N#Cc1oc2cc3oc(C#N)c(-c4ccccc4)c3cc2c1-c1ccccc1. The van der Waals surface area contributed by atoms with Gasteiger partial charge in [0.05, 0.1) is 0 Å². The summed E-state index contributed by atoms with van der Waals surface area (Å²) < 4.78 is 11.6. The van der Waals surface area contributed by atoms with Crippen LogP contribution in [-0.2, 0) is 0 Å². The van der Waals surface area contributed by atoms with Crippen LogP contribution in [0.25, 0.3) is 44.2 Å². The molecule has 0 atom stereocenters. The quantitative estimate of drug-likeness (QED) is 0.372. The van der Waals surface area contributed by atoms with Crippen molar-refractivity contribution in [1.82, 2.24) is 0 Å². The maximum atomic E-state index is 9.57. The van der Waals surface area contributed by atoms with E-state index in [9.17, 15) is 10.5 Å². The van der Waals surface area contributed by atoms with Crippen LogP contribution >= 0.6 is 0 Å². The van der Waals surface area contributed by atoms with Crippen LogP contribution < -0.4 is 0 Å². The Labute approximate surface area is 160 Å². The van der Waals surface area contributed by atoms with Crippen molar-refractivity contribution in [1.29, 1.82) is 10.5 Å². The summed E-state index contributed by atoms with van der Waals surface area (Å²) in [6, 6.07) is 27.4. The molecule has 0 aliphatic carbocycles. The second-order valence-electron chi connectivity index (χ2n) is 6.41. The molecule has 0 aliphatic rings. The van der Waals surface area contributed by atoms with Crippen LogP contribution in [0.2, 0.25) is 0 Å². The molecule has 0 aliphatic heterocycles. The summed E-state index contributed by atoms with van der Waals surface area (Å²) >= 11 is 0. The van der Waals surface area contributed by atoms with Gasteiger partial charge in [0.15, 0.2) is 0 Å². The molecule has 0 amide bonds. The molecule has 4 heteroatoms. The van der Waals surface area contributed by atoms with Crippen LogP contribution in [0.3, 0.4) is 0 Å². The molecule has 28 heavy (non-hydrogen) atoms. The van der Waals surface area contributed by atoms with Gasteiger partial charge in [0.2, 0.25) is 11.5 Å². The Morgan fingerprint density at radius 3 is 1.39 bits per heavy atom. The average Bonchev–Trinajstić information content (AvgIpc) is 3.30. The zero-order chi connectivity index (χ0) is 19.1. The van der Waals surface area contributed by atoms with Gasteiger partial charge < -0.3 is 8.83 Å². The number of fused-ring (bicyclic) bond motifs is 2. The van der Waals surface area contributed by atoms with Crippen LogP contribution in [0, 0.1) is 22.7 Å². The number of furan rings is 2. The molecule has 3 aromatic carbocycles. The molecule has 0 fully saturated rings. The fourth-order valence-corrected chi connectivity index (χ4v) is 3.63. The van der Waals surface area contributed by atoms with E-state index in [1.807, 2.05) is 66.7 Å². The zero-order valence-corrected chi connectivity index (χ0v) is 14.6. The first-order chi connectivity index (χ1) is 13.8. The van der Waals surface area contributed by atoms with Crippen LogP contribution in [0.4, 0.5) is 0 Å². The summed E-state index contributed by atoms with van der Waals surface area (Å²) in [6.07, 6.45) is 0. The first kappa shape index (κ1) is 15.9. The molecule has 4 nitrogen and oxygen atoms in total. The lowest BCUT2D eigenvalue weighted by atomic mass is 9.98. The van der Waals surface area contributed by atoms with Crippen molar-refractivity contribution in [3.05, 3.63) is 84.3 Å². The zero-order valence-electron chi connectivity index (χ0n) is 14.6. The molecule has 5 rings (SSSR count). The predicted molar refractivity (Wildman–Crippen MR) is 106 cm³/mol. The van der Waals surface area contributed by atoms with Gasteiger partial charge in [0, 0.05) is 28.0 Å². The maximum Gasteiger partial charge on any atom is 0.212 e. The summed E-state index contributed by atoms with van der Waals surface area (Å²) in [7, 11) is 0. The largest absolute Gasteiger partial charge is 0.445 e. The smallest absolute Gasteiger partial charge is 0.212 e. The van der Waals surface area contributed by atoms with E-state index in [4.69, 9.17) is 8.83 Å². The molecule has 0 bridgehead atoms. The Morgan fingerprint density at radius 1 is 0.571 bits per heavy atom. The number of hydrogen-bond acceptors (Lipinski definition) is 4. The van der Waals surface area contributed by atoms with E-state index in [-0.39, 0.29) is 11.5 Å². The first-order valence-electron chi connectivity index (χ1n) is 8.74. The molecule has 0 radical (unpaired) electrons. The van der Waals surface area contributed by atoms with E-state index in [0.717, 1.165) is 33.0 Å². The molecule has 2 heterocycles. The summed E-state index contributed by atoms with van der Waals surface area (Å²) in [5.74, 6) is 0.520. The van der Waals surface area contributed by atoms with Gasteiger partial charge in [-0.15, -0.1) is 0 Å². The summed E-state index contributed by atoms with van der Waals surface area (Å²) in [4.78, 5) is 0. The van der Waals surface area contributed by atoms with Crippen molar-refractivity contribution in [2.45, 2.75) is 0 Å². The number of hydrogen-bond donors (Lipinski definition) is 0. The molecule has 130 valence electrons. The minimum absolute atomic E-state index is 0.260. The highest BCUT2D eigenvalue weighted by molar-refractivity contribution is 6.08. The van der Waals surface area contributed by atoms with E-state index in [0.29, 0.717) is 11.2 Å². The predicted octanol–water partition coefficient (Wildman–Crippen LogP) is 6.26. The van der Waals surface area contributed by atoms with Crippen LogP contribution in [-0.4, -0.2) is 0 Å². The Balaban J connectivity index is 1.89. The minimum Gasteiger partial charge on any atom is -0.445 e. The Bertz CT molecular complexity index is 1310. The van der Waals surface area contributed by atoms with E-state index >= 15 is 0 Å². The van der Waals surface area contributed by atoms with Gasteiger partial charge in [0.1, 0.15) is 23.3 Å². The topological polar surface area (TPSA) is 73.9 Å². The molecule has 2 aromatic heterocycles. The Hall–Kier alpha value is -4.28. The molecule has 0 saturated carbocycles. The van der Waals surface area contributed by atoms with E-state index < -0.39 is 0 Å². The van der Waals surface area contributed by atoms with Gasteiger partial charge in [-0.3, -0.25) is 0 Å². The standard InChI is InChI=1S/C24H12N2O2/c25-13-21-23(15-7-3-1-4-8-15)17-11-18-20(12-19(17)27-21)28-22(14-26)24(18)16-9-5-2-6-10-16/h1-12H. The number of nitriles is 2. The third-order valence-corrected chi connectivity index (χ3v) is 4.83. The van der Waals surface area contributed by atoms with Gasteiger partial charge in [-0.05, 0) is 17.2 Å². The van der Waals surface area contributed by atoms with Crippen LogP contribution in [0.5, 0.6) is 0 Å². The fourth-order valence-electron chi connectivity index (χ4n) is 3.63. The Kier molecular flexibility index (Phi) is 3.50. The summed E-state index contributed by atoms with van der Waals surface area (Å²) in [5, 5.41) is 20.8. The molecule has 0 saturated heterocycles. The van der Waals surface area contributed by atoms with Gasteiger partial charge in [0.25, 0.3) is 0 Å². The normalized spacial score (nSPS) is 10.8. The van der Waals surface area contributed by atoms with E-state index in [1.54, 1.807) is 6.07 Å². The van der Waals surface area contributed by atoms with Gasteiger partial charge >= 0.3 is 0 Å². The number of nitrogens with zero attached hydrogens (tertiary/aromatic N) is 2. The second kappa shape index (κ2) is 6.16. The average molecular weight is 360 g/mol. The third kappa shape index (κ3) is 2.30. The van der Waals surface area contributed by atoms with Gasteiger partial charge in [-0.25, -0.2) is 0 Å². The summed E-state index contributed by atoms with van der Waals surface area (Å²) in [6.45, 7) is 0. The first-order valence-corrected chi connectivity index (χ1v) is 8.74. The van der Waals surface area contributed by atoms with Crippen molar-refractivity contribution in [2.75, 3.05) is 0 Å². The van der Waals surface area contributed by atoms with Crippen LogP contribution in [0.1, 0.15) is 11.5 Å². The van der Waals surface area contributed by atoms with Crippen LogP contribution in [0.15, 0.2) is 81.6 Å². The van der Waals surface area contributed by atoms with Crippen molar-refractivity contribution < 1.29 is 8.83 Å². The molecule has 0 N–H and O–H groups in total. The van der Waals surface area contributed by atoms with Gasteiger partial charge in [-0.2, -0.15) is 10.5 Å². The molecule has 0 spiro atoms. The molecule has 5 aromatic rings. The van der Waals surface area contributed by atoms with E-state index in [2.05, 4.69) is 12.1 Å². The van der Waals surface area contributed by atoms with Crippen molar-refractivity contribution in [3.63, 3.8) is 0 Å². The molecular weight excluding hydrogens is 348 g/mol. The lowest BCUT2D eigenvalue weighted by molar-refractivity contribution is 0.589.